The number of halogens is 1. The van der Waals surface area contributed by atoms with Crippen LogP contribution in [0.2, 0.25) is 6.32 Å². The molecule has 0 amide bonds. The highest BCUT2D eigenvalue weighted by atomic mass is 35.5. The third-order valence-electron chi connectivity index (χ3n) is 1.43. The van der Waals surface area contributed by atoms with Crippen molar-refractivity contribution in [3.05, 3.63) is 23.2 Å². The van der Waals surface area contributed by atoms with Gasteiger partial charge < -0.3 is 0 Å². The molecule has 1 heterocycles. The lowest BCUT2D eigenvalue weighted by Crippen LogP contribution is -2.04. The molecule has 0 fully saturated rings. The minimum absolute atomic E-state index is 0.231. The molecule has 0 saturated heterocycles. The van der Waals surface area contributed by atoms with Gasteiger partial charge in [0, 0.05) is 0 Å². The van der Waals surface area contributed by atoms with Crippen LogP contribution in [-0.4, -0.2) is 6.13 Å². The fourth-order valence-corrected chi connectivity index (χ4v) is 1.59. The van der Waals surface area contributed by atoms with Gasteiger partial charge in [0.1, 0.15) is 0 Å². The molecule has 0 atom stereocenters. The van der Waals surface area contributed by atoms with Crippen LogP contribution >= 0.6 is 11.5 Å². The Bertz CT molecular complexity index is 170. The van der Waals surface area contributed by atoms with Gasteiger partial charge in [-0.25, -0.2) is 0 Å². The van der Waals surface area contributed by atoms with Crippen LogP contribution in [0.4, 0.5) is 0 Å². The first-order valence-corrected chi connectivity index (χ1v) is 3.62. The van der Waals surface area contributed by atoms with Crippen LogP contribution in [0.25, 0.3) is 0 Å². The van der Waals surface area contributed by atoms with Crippen LogP contribution in [0, 0.1) is 0 Å². The van der Waals surface area contributed by atoms with E-state index in [9.17, 15) is 0 Å². The van der Waals surface area contributed by atoms with Crippen LogP contribution in [0.15, 0.2) is 23.2 Å². The van der Waals surface area contributed by atoms with E-state index in [1.807, 2.05) is 0 Å². The standard InChI is InChI=1S/C7H10BCl/c1-6-3-7(2)5-8(9)4-6/h3-4H,5H2,1-2H3. The van der Waals surface area contributed by atoms with E-state index in [0.29, 0.717) is 0 Å². The molecule has 0 radical (unpaired) electrons. The lowest BCUT2D eigenvalue weighted by Gasteiger charge is -2.08. The fourth-order valence-electron chi connectivity index (χ4n) is 1.15. The molecule has 0 aromatic carbocycles. The zero-order chi connectivity index (χ0) is 6.85. The first kappa shape index (κ1) is 6.95. The highest BCUT2D eigenvalue weighted by Gasteiger charge is 2.11. The molecular formula is C7H10BCl. The van der Waals surface area contributed by atoms with Gasteiger partial charge in [-0.05, 0) is 20.2 Å². The molecule has 1 aliphatic rings. The van der Waals surface area contributed by atoms with Crippen molar-refractivity contribution >= 4 is 17.6 Å². The molecule has 0 spiro atoms. The molecular weight excluding hydrogens is 130 g/mol. The smallest absolute Gasteiger partial charge is 0.189 e. The van der Waals surface area contributed by atoms with Crippen LogP contribution in [0.1, 0.15) is 13.8 Å². The van der Waals surface area contributed by atoms with E-state index in [1.54, 1.807) is 0 Å². The van der Waals surface area contributed by atoms with E-state index >= 15 is 0 Å². The topological polar surface area (TPSA) is 0 Å². The van der Waals surface area contributed by atoms with Crippen molar-refractivity contribution in [3.8, 4) is 0 Å². The van der Waals surface area contributed by atoms with Crippen molar-refractivity contribution in [1.82, 2.24) is 0 Å². The quantitative estimate of drug-likeness (QED) is 0.454. The fraction of sp³-hybridized carbons (Fsp3) is 0.429. The predicted molar refractivity (Wildman–Crippen MR) is 43.9 cm³/mol. The van der Waals surface area contributed by atoms with Gasteiger partial charge in [-0.2, -0.15) is 11.5 Å². The van der Waals surface area contributed by atoms with Crippen molar-refractivity contribution < 1.29 is 0 Å². The van der Waals surface area contributed by atoms with Crippen molar-refractivity contribution in [1.29, 1.82) is 0 Å². The number of hydrogen-bond acceptors (Lipinski definition) is 0. The molecule has 0 aromatic heterocycles. The van der Waals surface area contributed by atoms with Crippen molar-refractivity contribution in [2.24, 2.45) is 0 Å². The van der Waals surface area contributed by atoms with E-state index < -0.39 is 0 Å². The first-order valence-electron chi connectivity index (χ1n) is 3.18. The Hall–Kier alpha value is -0.165. The molecule has 2 heteroatoms. The SMILES string of the molecule is CC1=CB(Cl)CC(C)=C1. The molecule has 0 aromatic rings. The van der Waals surface area contributed by atoms with E-state index in [0.717, 1.165) is 6.32 Å². The Balaban J connectivity index is 2.74. The maximum absolute atomic E-state index is 5.89. The second-order valence-electron chi connectivity index (χ2n) is 2.62. The summed E-state index contributed by atoms with van der Waals surface area (Å²) < 4.78 is 0. The Labute approximate surface area is 61.6 Å². The summed E-state index contributed by atoms with van der Waals surface area (Å²) in [4.78, 5) is 0. The molecule has 0 nitrogen and oxygen atoms in total. The van der Waals surface area contributed by atoms with Crippen LogP contribution in [0.3, 0.4) is 0 Å². The summed E-state index contributed by atoms with van der Waals surface area (Å²) in [5, 5.41) is 0. The molecule has 0 aliphatic carbocycles. The predicted octanol–water partition coefficient (Wildman–Crippen LogP) is 2.66. The third-order valence-corrected chi connectivity index (χ3v) is 1.72. The van der Waals surface area contributed by atoms with Crippen LogP contribution in [0.5, 0.6) is 0 Å². The zero-order valence-electron chi connectivity index (χ0n) is 5.82. The van der Waals surface area contributed by atoms with Crippen LogP contribution in [-0.2, 0) is 0 Å². The Morgan fingerprint density at radius 3 is 2.67 bits per heavy atom. The van der Waals surface area contributed by atoms with Crippen molar-refractivity contribution in [2.45, 2.75) is 20.2 Å². The molecule has 1 rings (SSSR count). The number of hydrogen-bond donors (Lipinski definition) is 0. The lowest BCUT2D eigenvalue weighted by molar-refractivity contribution is 1.31. The summed E-state index contributed by atoms with van der Waals surface area (Å²) >= 11 is 5.89. The Kier molecular flexibility index (Phi) is 2.02. The molecule has 1 aliphatic heterocycles. The summed E-state index contributed by atoms with van der Waals surface area (Å²) in [6, 6.07) is 0. The highest BCUT2D eigenvalue weighted by Crippen LogP contribution is 2.18. The van der Waals surface area contributed by atoms with Gasteiger partial charge in [0.05, 0.1) is 0 Å². The normalized spacial score (nSPS) is 19.2. The summed E-state index contributed by atoms with van der Waals surface area (Å²) in [5.41, 5.74) is 2.67. The van der Waals surface area contributed by atoms with Gasteiger partial charge in [-0.15, -0.1) is 0 Å². The lowest BCUT2D eigenvalue weighted by atomic mass is 9.66. The number of allylic oxidation sites excluding steroid dienone is 3. The highest BCUT2D eigenvalue weighted by molar-refractivity contribution is 7.10. The molecule has 48 valence electrons. The summed E-state index contributed by atoms with van der Waals surface area (Å²) in [6.45, 7) is 4.20. The second kappa shape index (κ2) is 2.61. The van der Waals surface area contributed by atoms with Gasteiger partial charge in [-0.3, -0.25) is 0 Å². The van der Waals surface area contributed by atoms with Gasteiger partial charge in [0.2, 0.25) is 0 Å². The molecule has 0 N–H and O–H groups in total. The molecule has 0 saturated carbocycles. The van der Waals surface area contributed by atoms with E-state index in [-0.39, 0.29) is 6.13 Å². The van der Waals surface area contributed by atoms with Crippen LogP contribution < -0.4 is 0 Å². The average Bonchev–Trinajstić information content (AvgIpc) is 1.59. The maximum Gasteiger partial charge on any atom is 0.280 e. The Morgan fingerprint density at radius 1 is 1.56 bits per heavy atom. The largest absolute Gasteiger partial charge is 0.280 e. The van der Waals surface area contributed by atoms with Gasteiger partial charge in [0.25, 0.3) is 6.13 Å². The monoisotopic (exact) mass is 140 g/mol. The van der Waals surface area contributed by atoms with E-state index in [2.05, 4.69) is 25.9 Å². The Morgan fingerprint density at radius 2 is 2.22 bits per heavy atom. The summed E-state index contributed by atoms with van der Waals surface area (Å²) in [7, 11) is 0. The summed E-state index contributed by atoms with van der Waals surface area (Å²) in [5.74, 6) is 2.09. The molecule has 0 bridgehead atoms. The minimum Gasteiger partial charge on any atom is -0.189 e. The number of rotatable bonds is 0. The third kappa shape index (κ3) is 1.90. The van der Waals surface area contributed by atoms with Crippen molar-refractivity contribution in [3.63, 3.8) is 0 Å². The molecule has 0 unspecified atom stereocenters. The molecule has 9 heavy (non-hydrogen) atoms. The zero-order valence-corrected chi connectivity index (χ0v) is 6.57. The van der Waals surface area contributed by atoms with Gasteiger partial charge in [0.15, 0.2) is 0 Å². The van der Waals surface area contributed by atoms with Gasteiger partial charge >= 0.3 is 0 Å². The average molecular weight is 140 g/mol. The van der Waals surface area contributed by atoms with Crippen molar-refractivity contribution in [2.75, 3.05) is 0 Å². The van der Waals surface area contributed by atoms with Gasteiger partial charge in [-0.1, -0.05) is 23.2 Å². The second-order valence-corrected chi connectivity index (χ2v) is 3.18. The van der Waals surface area contributed by atoms with E-state index in [1.165, 1.54) is 11.1 Å². The minimum atomic E-state index is 0.231. The maximum atomic E-state index is 5.89. The van der Waals surface area contributed by atoms with E-state index in [4.69, 9.17) is 11.5 Å². The first-order chi connectivity index (χ1) is 4.18. The summed E-state index contributed by atoms with van der Waals surface area (Å²) in [6.07, 6.45) is 3.42.